The van der Waals surface area contributed by atoms with Crippen molar-refractivity contribution in [3.63, 3.8) is 0 Å². The molecule has 0 N–H and O–H groups in total. The number of hydrogen-bond acceptors (Lipinski definition) is 4. The fourth-order valence-corrected chi connectivity index (χ4v) is 2.88. The molecule has 0 spiro atoms. The van der Waals surface area contributed by atoms with Crippen molar-refractivity contribution in [2.45, 2.75) is 38.8 Å². The van der Waals surface area contributed by atoms with E-state index in [0.717, 1.165) is 12.0 Å². The lowest BCUT2D eigenvalue weighted by Gasteiger charge is -2.40. The van der Waals surface area contributed by atoms with Crippen molar-refractivity contribution in [3.8, 4) is 0 Å². The van der Waals surface area contributed by atoms with Gasteiger partial charge in [-0.05, 0) is 17.6 Å². The van der Waals surface area contributed by atoms with E-state index in [1.165, 1.54) is 7.11 Å². The SMILES string of the molecule is CCC(C)C(C(=O)OC)N1C=CC(=O)C[C@@H]1c1ccccc1. The molecule has 1 aliphatic heterocycles. The van der Waals surface area contributed by atoms with Gasteiger partial charge in [-0.3, -0.25) is 4.79 Å². The normalized spacial score (nSPS) is 20.6. The molecule has 0 radical (unpaired) electrons. The molecule has 118 valence electrons. The van der Waals surface area contributed by atoms with Gasteiger partial charge in [0.25, 0.3) is 0 Å². The van der Waals surface area contributed by atoms with E-state index >= 15 is 0 Å². The zero-order chi connectivity index (χ0) is 16.1. The van der Waals surface area contributed by atoms with Crippen LogP contribution in [-0.2, 0) is 14.3 Å². The van der Waals surface area contributed by atoms with Crippen LogP contribution in [0.25, 0.3) is 0 Å². The summed E-state index contributed by atoms with van der Waals surface area (Å²) in [5.74, 6) is -0.0383. The lowest BCUT2D eigenvalue weighted by atomic mass is 9.91. The number of ether oxygens (including phenoxy) is 1. The Morgan fingerprint density at radius 2 is 2.05 bits per heavy atom. The second-order valence-corrected chi connectivity index (χ2v) is 5.71. The lowest BCUT2D eigenvalue weighted by molar-refractivity contribution is -0.149. The number of nitrogens with zero attached hydrogens (tertiary/aromatic N) is 1. The van der Waals surface area contributed by atoms with Crippen LogP contribution in [0.2, 0.25) is 0 Å². The molecular weight excluding hydrogens is 278 g/mol. The largest absolute Gasteiger partial charge is 0.467 e. The van der Waals surface area contributed by atoms with Crippen LogP contribution in [-0.4, -0.2) is 29.8 Å². The Hall–Kier alpha value is -2.10. The molecule has 0 fully saturated rings. The molecule has 22 heavy (non-hydrogen) atoms. The number of esters is 1. The van der Waals surface area contributed by atoms with Crippen molar-refractivity contribution in [3.05, 3.63) is 48.2 Å². The minimum Gasteiger partial charge on any atom is -0.467 e. The number of ketones is 1. The van der Waals surface area contributed by atoms with Gasteiger partial charge in [0.15, 0.2) is 5.78 Å². The monoisotopic (exact) mass is 301 g/mol. The van der Waals surface area contributed by atoms with E-state index in [1.807, 2.05) is 42.2 Å². The maximum absolute atomic E-state index is 12.3. The Bertz CT molecular complexity index is 553. The van der Waals surface area contributed by atoms with Crippen LogP contribution in [0.3, 0.4) is 0 Å². The molecule has 3 atom stereocenters. The summed E-state index contributed by atoms with van der Waals surface area (Å²) >= 11 is 0. The highest BCUT2D eigenvalue weighted by molar-refractivity contribution is 5.91. The van der Waals surface area contributed by atoms with Crippen LogP contribution in [0.1, 0.15) is 38.3 Å². The summed E-state index contributed by atoms with van der Waals surface area (Å²) in [5.41, 5.74) is 1.04. The third-order valence-corrected chi connectivity index (χ3v) is 4.32. The molecule has 0 saturated heterocycles. The quantitative estimate of drug-likeness (QED) is 0.784. The second kappa shape index (κ2) is 7.25. The van der Waals surface area contributed by atoms with Gasteiger partial charge in [0.1, 0.15) is 6.04 Å². The Kier molecular flexibility index (Phi) is 5.36. The fourth-order valence-electron chi connectivity index (χ4n) is 2.88. The summed E-state index contributed by atoms with van der Waals surface area (Å²) in [5, 5.41) is 0. The van der Waals surface area contributed by atoms with E-state index in [-0.39, 0.29) is 29.8 Å². The first kappa shape index (κ1) is 16.3. The number of methoxy groups -OCH3 is 1. The second-order valence-electron chi connectivity index (χ2n) is 5.71. The molecule has 1 heterocycles. The van der Waals surface area contributed by atoms with Gasteiger partial charge in [-0.25, -0.2) is 4.79 Å². The van der Waals surface area contributed by atoms with Gasteiger partial charge in [-0.2, -0.15) is 0 Å². The highest BCUT2D eigenvalue weighted by atomic mass is 16.5. The van der Waals surface area contributed by atoms with Crippen molar-refractivity contribution < 1.29 is 14.3 Å². The lowest BCUT2D eigenvalue weighted by Crippen LogP contribution is -2.46. The van der Waals surface area contributed by atoms with Crippen molar-refractivity contribution in [1.82, 2.24) is 4.90 Å². The number of hydrogen-bond donors (Lipinski definition) is 0. The van der Waals surface area contributed by atoms with E-state index in [0.29, 0.717) is 6.42 Å². The molecule has 0 bridgehead atoms. The van der Waals surface area contributed by atoms with Crippen molar-refractivity contribution >= 4 is 11.8 Å². The molecule has 1 aromatic rings. The molecule has 0 amide bonds. The minimum absolute atomic E-state index is 0.0814. The van der Waals surface area contributed by atoms with Crippen LogP contribution in [0.15, 0.2) is 42.6 Å². The molecule has 2 rings (SSSR count). The third kappa shape index (κ3) is 3.38. The van der Waals surface area contributed by atoms with Crippen LogP contribution in [0.5, 0.6) is 0 Å². The molecule has 1 aromatic carbocycles. The standard InChI is InChI=1S/C18H23NO3/c1-4-13(2)17(18(21)22-3)19-11-10-15(20)12-16(19)14-8-6-5-7-9-14/h5-11,13,16-17H,4,12H2,1-3H3/t13?,16-,17?/m1/s1. The van der Waals surface area contributed by atoms with Gasteiger partial charge in [-0.15, -0.1) is 0 Å². The van der Waals surface area contributed by atoms with Crippen molar-refractivity contribution in [2.75, 3.05) is 7.11 Å². The molecule has 0 saturated carbocycles. The Morgan fingerprint density at radius 3 is 2.64 bits per heavy atom. The zero-order valence-corrected chi connectivity index (χ0v) is 13.4. The molecule has 0 aliphatic carbocycles. The predicted octanol–water partition coefficient (Wildman–Crippen LogP) is 3.10. The van der Waals surface area contributed by atoms with E-state index < -0.39 is 0 Å². The van der Waals surface area contributed by atoms with Gasteiger partial charge >= 0.3 is 5.97 Å². The molecule has 2 unspecified atom stereocenters. The van der Waals surface area contributed by atoms with E-state index in [9.17, 15) is 9.59 Å². The Labute approximate surface area is 131 Å². The Morgan fingerprint density at radius 1 is 1.36 bits per heavy atom. The van der Waals surface area contributed by atoms with Gasteiger partial charge in [0.05, 0.1) is 13.2 Å². The third-order valence-electron chi connectivity index (χ3n) is 4.32. The minimum atomic E-state index is -0.385. The average Bonchev–Trinajstić information content (AvgIpc) is 2.56. The number of carbonyl (C=O) groups is 2. The van der Waals surface area contributed by atoms with E-state index in [1.54, 1.807) is 12.3 Å². The van der Waals surface area contributed by atoms with Gasteiger partial charge < -0.3 is 9.64 Å². The molecule has 1 aliphatic rings. The smallest absolute Gasteiger partial charge is 0.328 e. The van der Waals surface area contributed by atoms with Crippen LogP contribution in [0, 0.1) is 5.92 Å². The predicted molar refractivity (Wildman–Crippen MR) is 85.0 cm³/mol. The van der Waals surface area contributed by atoms with E-state index in [2.05, 4.69) is 6.92 Å². The first-order valence-electron chi connectivity index (χ1n) is 7.69. The van der Waals surface area contributed by atoms with Crippen LogP contribution in [0.4, 0.5) is 0 Å². The summed E-state index contributed by atoms with van der Waals surface area (Å²) < 4.78 is 5.00. The number of carbonyl (C=O) groups excluding carboxylic acids is 2. The summed E-state index contributed by atoms with van der Waals surface area (Å²) in [4.78, 5) is 26.1. The summed E-state index contributed by atoms with van der Waals surface area (Å²) in [6.07, 6.45) is 4.54. The van der Waals surface area contributed by atoms with Crippen LogP contribution >= 0.6 is 0 Å². The van der Waals surface area contributed by atoms with Crippen molar-refractivity contribution in [1.29, 1.82) is 0 Å². The first-order chi connectivity index (χ1) is 10.6. The molecule has 4 heteroatoms. The zero-order valence-electron chi connectivity index (χ0n) is 13.4. The van der Waals surface area contributed by atoms with E-state index in [4.69, 9.17) is 4.74 Å². The number of rotatable bonds is 5. The maximum atomic E-state index is 12.3. The van der Waals surface area contributed by atoms with Crippen molar-refractivity contribution in [2.24, 2.45) is 5.92 Å². The molecule has 4 nitrogen and oxygen atoms in total. The highest BCUT2D eigenvalue weighted by Crippen LogP contribution is 2.33. The topological polar surface area (TPSA) is 46.6 Å². The van der Waals surface area contributed by atoms with Crippen LogP contribution < -0.4 is 0 Å². The highest BCUT2D eigenvalue weighted by Gasteiger charge is 2.36. The number of allylic oxidation sites excluding steroid dienone is 1. The Balaban J connectivity index is 2.40. The summed E-state index contributed by atoms with van der Waals surface area (Å²) in [7, 11) is 1.41. The average molecular weight is 301 g/mol. The van der Waals surface area contributed by atoms with Gasteiger partial charge in [0, 0.05) is 12.6 Å². The maximum Gasteiger partial charge on any atom is 0.328 e. The van der Waals surface area contributed by atoms with Gasteiger partial charge in [0.2, 0.25) is 0 Å². The summed E-state index contributed by atoms with van der Waals surface area (Å²) in [6, 6.07) is 9.32. The number of benzene rings is 1. The molecular formula is C18H23NO3. The first-order valence-corrected chi connectivity index (χ1v) is 7.69. The summed E-state index contributed by atoms with van der Waals surface area (Å²) in [6.45, 7) is 4.09. The fraction of sp³-hybridized carbons (Fsp3) is 0.444. The van der Waals surface area contributed by atoms with Gasteiger partial charge in [-0.1, -0.05) is 50.6 Å². The molecule has 0 aromatic heterocycles.